The summed E-state index contributed by atoms with van der Waals surface area (Å²) < 4.78 is 0. The van der Waals surface area contributed by atoms with Gasteiger partial charge in [-0.2, -0.15) is 0 Å². The molecule has 0 spiro atoms. The standard InChI is InChI=1S/C3H7NO3.C3H4O4/c4-2(1-5)3(6)7;4-1-2(5)3(6)7/h2,5H,1,4H2,(H,6,7);4H,1H2,(H,6,7). The van der Waals surface area contributed by atoms with Crippen molar-refractivity contribution >= 4 is 17.7 Å². The van der Waals surface area contributed by atoms with Crippen LogP contribution in [0.4, 0.5) is 0 Å². The molecule has 8 heteroatoms. The van der Waals surface area contributed by atoms with E-state index in [2.05, 4.69) is 0 Å². The lowest BCUT2D eigenvalue weighted by Gasteiger charge is -1.96. The lowest BCUT2D eigenvalue weighted by Crippen LogP contribution is -2.33. The molecular formula is C6H11NO7. The van der Waals surface area contributed by atoms with Gasteiger partial charge in [-0.15, -0.1) is 0 Å². The minimum absolute atomic E-state index is 0.505. The number of ketones is 1. The molecule has 1 unspecified atom stereocenters. The van der Waals surface area contributed by atoms with E-state index in [4.69, 9.17) is 26.2 Å². The molecule has 0 heterocycles. The quantitative estimate of drug-likeness (QED) is 0.307. The molecule has 0 bridgehead atoms. The fourth-order valence-electron chi connectivity index (χ4n) is 0.146. The first-order valence-electron chi connectivity index (χ1n) is 3.33. The van der Waals surface area contributed by atoms with Gasteiger partial charge in [0.1, 0.15) is 12.6 Å². The van der Waals surface area contributed by atoms with Crippen LogP contribution in [0.2, 0.25) is 0 Å². The number of aliphatic hydroxyl groups is 2. The van der Waals surface area contributed by atoms with E-state index >= 15 is 0 Å². The second kappa shape index (κ2) is 8.10. The zero-order valence-electron chi connectivity index (χ0n) is 7.08. The predicted octanol–water partition coefficient (Wildman–Crippen LogP) is -2.98. The molecule has 6 N–H and O–H groups in total. The number of nitrogens with two attached hydrogens (primary N) is 1. The average Bonchev–Trinajstić information content (AvgIpc) is 2.15. The topological polar surface area (TPSA) is 158 Å². The molecule has 0 aromatic heterocycles. The highest BCUT2D eigenvalue weighted by Crippen LogP contribution is 1.71. The molecule has 82 valence electrons. The van der Waals surface area contributed by atoms with Crippen molar-refractivity contribution in [2.45, 2.75) is 6.04 Å². The lowest BCUT2D eigenvalue weighted by atomic mass is 10.3. The molecule has 0 aliphatic carbocycles. The highest BCUT2D eigenvalue weighted by Gasteiger charge is 2.07. The van der Waals surface area contributed by atoms with Crippen LogP contribution in [0.1, 0.15) is 0 Å². The number of aliphatic hydroxyl groups excluding tert-OH is 2. The number of aliphatic carboxylic acids is 2. The van der Waals surface area contributed by atoms with E-state index in [1.165, 1.54) is 0 Å². The predicted molar refractivity (Wildman–Crippen MR) is 42.4 cm³/mol. The minimum atomic E-state index is -1.59. The number of hydrogen-bond acceptors (Lipinski definition) is 6. The monoisotopic (exact) mass is 209 g/mol. The van der Waals surface area contributed by atoms with Gasteiger partial charge in [-0.05, 0) is 0 Å². The third kappa shape index (κ3) is 8.59. The lowest BCUT2D eigenvalue weighted by molar-refractivity contribution is -0.150. The van der Waals surface area contributed by atoms with Crippen LogP contribution in [0.3, 0.4) is 0 Å². The van der Waals surface area contributed by atoms with Crippen molar-refractivity contribution in [3.63, 3.8) is 0 Å². The third-order valence-corrected chi connectivity index (χ3v) is 0.896. The van der Waals surface area contributed by atoms with Crippen molar-refractivity contribution in [1.82, 2.24) is 0 Å². The summed E-state index contributed by atoms with van der Waals surface area (Å²) in [6.45, 7) is -1.43. The van der Waals surface area contributed by atoms with E-state index in [0.717, 1.165) is 0 Å². The molecule has 0 aromatic carbocycles. The van der Waals surface area contributed by atoms with Crippen molar-refractivity contribution in [2.24, 2.45) is 5.73 Å². The Morgan fingerprint density at radius 1 is 1.14 bits per heavy atom. The number of carboxylic acids is 2. The Balaban J connectivity index is 0. The van der Waals surface area contributed by atoms with Gasteiger partial charge in [0.15, 0.2) is 0 Å². The summed E-state index contributed by atoms with van der Waals surface area (Å²) in [7, 11) is 0. The van der Waals surface area contributed by atoms with Gasteiger partial charge in [0, 0.05) is 0 Å². The first-order chi connectivity index (χ1) is 6.36. The average molecular weight is 209 g/mol. The summed E-state index contributed by atoms with van der Waals surface area (Å²) >= 11 is 0. The van der Waals surface area contributed by atoms with Crippen LogP contribution < -0.4 is 5.73 Å². The summed E-state index contributed by atoms with van der Waals surface area (Å²) in [5, 5.41) is 31.3. The molecule has 0 rings (SSSR count). The Kier molecular flexibility index (Phi) is 8.68. The molecule has 0 fully saturated rings. The molecule has 0 radical (unpaired) electrons. The summed E-state index contributed by atoms with van der Waals surface area (Å²) in [4.78, 5) is 28.7. The maximum absolute atomic E-state index is 9.66. The Morgan fingerprint density at radius 3 is 1.57 bits per heavy atom. The first kappa shape index (κ1) is 15.0. The van der Waals surface area contributed by atoms with Crippen molar-refractivity contribution in [1.29, 1.82) is 0 Å². The van der Waals surface area contributed by atoms with E-state index in [1.54, 1.807) is 0 Å². The molecule has 0 saturated heterocycles. The molecule has 1 atom stereocenters. The van der Waals surface area contributed by atoms with Gasteiger partial charge in [-0.25, -0.2) is 4.79 Å². The number of carboxylic acid groups (broad SMARTS) is 2. The van der Waals surface area contributed by atoms with Crippen LogP contribution >= 0.6 is 0 Å². The normalized spacial score (nSPS) is 10.8. The SMILES string of the molecule is NC(CO)C(=O)O.O=C(O)C(=O)CO. The summed E-state index contributed by atoms with van der Waals surface area (Å²) in [5.74, 6) is -3.95. The summed E-state index contributed by atoms with van der Waals surface area (Å²) in [6, 6.07) is -1.13. The number of carbonyl (C=O) groups excluding carboxylic acids is 1. The molecular weight excluding hydrogens is 198 g/mol. The van der Waals surface area contributed by atoms with Crippen LogP contribution in [0.15, 0.2) is 0 Å². The molecule has 14 heavy (non-hydrogen) atoms. The van der Waals surface area contributed by atoms with Crippen molar-refractivity contribution < 1.29 is 34.8 Å². The maximum Gasteiger partial charge on any atom is 0.374 e. The Hall–Kier alpha value is -1.51. The van der Waals surface area contributed by atoms with Gasteiger partial charge in [0.25, 0.3) is 5.78 Å². The van der Waals surface area contributed by atoms with E-state index in [1.807, 2.05) is 0 Å². The maximum atomic E-state index is 9.66. The van der Waals surface area contributed by atoms with E-state index in [-0.39, 0.29) is 0 Å². The Labute approximate surface area is 78.6 Å². The minimum Gasteiger partial charge on any atom is -0.480 e. The third-order valence-electron chi connectivity index (χ3n) is 0.896. The number of Topliss-reactive ketones (excluding diaryl/α,β-unsaturated/α-hetero) is 1. The smallest absolute Gasteiger partial charge is 0.374 e. The molecule has 8 nitrogen and oxygen atoms in total. The van der Waals surface area contributed by atoms with Crippen LogP contribution in [0.5, 0.6) is 0 Å². The highest BCUT2D eigenvalue weighted by atomic mass is 16.4. The van der Waals surface area contributed by atoms with Gasteiger partial charge in [0.05, 0.1) is 6.61 Å². The van der Waals surface area contributed by atoms with Crippen LogP contribution in [-0.2, 0) is 14.4 Å². The van der Waals surface area contributed by atoms with Gasteiger partial charge >= 0.3 is 11.9 Å². The van der Waals surface area contributed by atoms with E-state index in [0.29, 0.717) is 0 Å². The van der Waals surface area contributed by atoms with Gasteiger partial charge in [0.2, 0.25) is 0 Å². The van der Waals surface area contributed by atoms with E-state index in [9.17, 15) is 14.4 Å². The number of hydrogen-bond donors (Lipinski definition) is 5. The summed E-state index contributed by atoms with van der Waals surface area (Å²) in [5.41, 5.74) is 4.77. The summed E-state index contributed by atoms with van der Waals surface area (Å²) in [6.07, 6.45) is 0. The van der Waals surface area contributed by atoms with E-state index < -0.39 is 37.0 Å². The van der Waals surface area contributed by atoms with Crippen molar-refractivity contribution in [3.8, 4) is 0 Å². The number of rotatable bonds is 4. The fraction of sp³-hybridized carbons (Fsp3) is 0.500. The van der Waals surface area contributed by atoms with Crippen molar-refractivity contribution in [3.05, 3.63) is 0 Å². The second-order valence-corrected chi connectivity index (χ2v) is 2.01. The zero-order chi connectivity index (χ0) is 11.7. The molecule has 0 saturated carbocycles. The Morgan fingerprint density at radius 2 is 1.57 bits per heavy atom. The number of carbonyl (C=O) groups is 3. The fourth-order valence-corrected chi connectivity index (χ4v) is 0.146. The largest absolute Gasteiger partial charge is 0.480 e. The van der Waals surface area contributed by atoms with Gasteiger partial charge in [-0.1, -0.05) is 0 Å². The molecule has 0 aromatic rings. The van der Waals surface area contributed by atoms with Gasteiger partial charge < -0.3 is 26.2 Å². The van der Waals surface area contributed by atoms with Gasteiger partial charge in [-0.3, -0.25) is 9.59 Å². The molecule has 0 amide bonds. The first-order valence-corrected chi connectivity index (χ1v) is 3.33. The van der Waals surface area contributed by atoms with Crippen LogP contribution in [0, 0.1) is 0 Å². The van der Waals surface area contributed by atoms with Crippen LogP contribution in [-0.4, -0.2) is 57.4 Å². The molecule has 0 aliphatic rings. The highest BCUT2D eigenvalue weighted by molar-refractivity contribution is 6.33. The molecule has 0 aliphatic heterocycles. The van der Waals surface area contributed by atoms with Crippen LogP contribution in [0.25, 0.3) is 0 Å². The Bertz CT molecular complexity index is 214. The van der Waals surface area contributed by atoms with Crippen molar-refractivity contribution in [2.75, 3.05) is 13.2 Å². The second-order valence-electron chi connectivity index (χ2n) is 2.01. The zero-order valence-corrected chi connectivity index (χ0v) is 7.08.